The van der Waals surface area contributed by atoms with Crippen molar-refractivity contribution in [3.05, 3.63) is 48.0 Å². The number of ether oxygens (including phenoxy) is 1. The number of aryl methyl sites for hydroxylation is 1. The van der Waals surface area contributed by atoms with Crippen LogP contribution in [-0.4, -0.2) is 21.4 Å². The first-order chi connectivity index (χ1) is 8.66. The molecule has 4 heteroatoms. The highest BCUT2D eigenvalue weighted by Crippen LogP contribution is 2.33. The molecule has 1 aliphatic rings. The zero-order valence-corrected chi connectivity index (χ0v) is 10.3. The molecule has 3 rings (SSSR count). The third-order valence-electron chi connectivity index (χ3n) is 3.27. The molecule has 0 spiro atoms. The Kier molecular flexibility index (Phi) is 2.44. The van der Waals surface area contributed by atoms with E-state index < -0.39 is 0 Å². The van der Waals surface area contributed by atoms with Gasteiger partial charge in [0, 0.05) is 12.4 Å². The predicted octanol–water partition coefficient (Wildman–Crippen LogP) is 2.40. The third kappa shape index (κ3) is 1.61. The number of ketones is 1. The van der Waals surface area contributed by atoms with E-state index in [1.807, 2.05) is 32.0 Å². The van der Waals surface area contributed by atoms with Gasteiger partial charge in [-0.1, -0.05) is 11.6 Å². The summed E-state index contributed by atoms with van der Waals surface area (Å²) < 4.78 is 7.63. The lowest BCUT2D eigenvalue weighted by Gasteiger charge is -2.31. The van der Waals surface area contributed by atoms with E-state index in [2.05, 4.69) is 4.98 Å². The molecule has 1 aliphatic heterocycles. The highest BCUT2D eigenvalue weighted by Gasteiger charge is 2.35. The summed E-state index contributed by atoms with van der Waals surface area (Å²) in [5.41, 5.74) is 1.72. The van der Waals surface area contributed by atoms with Crippen LogP contribution in [0.4, 0.5) is 0 Å². The summed E-state index contributed by atoms with van der Waals surface area (Å²) in [6.07, 6.45) is 4.93. The van der Waals surface area contributed by atoms with Crippen LogP contribution in [0.15, 0.2) is 36.9 Å². The van der Waals surface area contributed by atoms with Crippen LogP contribution < -0.4 is 4.74 Å². The maximum Gasteiger partial charge on any atom is 0.193 e. The monoisotopic (exact) mass is 242 g/mol. The average molecular weight is 242 g/mol. The number of rotatable bonds is 1. The standard InChI is InChI=1S/C14H14N2O2/c1-9-3-4-12-11(7-9)14(17)13(10(2)18-12)16-6-5-15-8-16/h3-8,10,13H,1-2H3. The van der Waals surface area contributed by atoms with Gasteiger partial charge >= 0.3 is 0 Å². The SMILES string of the molecule is Cc1ccc2c(c1)C(=O)C(n1ccnc1)C(C)O2. The van der Waals surface area contributed by atoms with E-state index in [9.17, 15) is 4.79 Å². The van der Waals surface area contributed by atoms with Crippen molar-refractivity contribution in [2.75, 3.05) is 0 Å². The molecule has 2 atom stereocenters. The van der Waals surface area contributed by atoms with Crippen molar-refractivity contribution in [3.8, 4) is 5.75 Å². The second kappa shape index (κ2) is 3.98. The largest absolute Gasteiger partial charge is 0.487 e. The minimum absolute atomic E-state index is 0.0884. The van der Waals surface area contributed by atoms with Crippen molar-refractivity contribution in [2.45, 2.75) is 26.0 Å². The Balaban J connectivity index is 2.08. The third-order valence-corrected chi connectivity index (χ3v) is 3.27. The number of benzene rings is 1. The van der Waals surface area contributed by atoms with Gasteiger partial charge in [-0.3, -0.25) is 4.79 Å². The molecule has 1 aromatic heterocycles. The number of Topliss-reactive ketones (excluding diaryl/α,β-unsaturated/α-hetero) is 1. The van der Waals surface area contributed by atoms with Crippen molar-refractivity contribution in [2.24, 2.45) is 0 Å². The molecule has 0 fully saturated rings. The number of imidazole rings is 1. The molecule has 4 nitrogen and oxygen atoms in total. The van der Waals surface area contributed by atoms with Crippen molar-refractivity contribution in [1.82, 2.24) is 9.55 Å². The number of carbonyl (C=O) groups excluding carboxylic acids is 1. The maximum atomic E-state index is 12.5. The first-order valence-electron chi connectivity index (χ1n) is 5.96. The van der Waals surface area contributed by atoms with Crippen LogP contribution in [-0.2, 0) is 0 Å². The number of nitrogens with zero attached hydrogens (tertiary/aromatic N) is 2. The van der Waals surface area contributed by atoms with Gasteiger partial charge in [0.1, 0.15) is 17.9 Å². The average Bonchev–Trinajstić information content (AvgIpc) is 2.84. The van der Waals surface area contributed by atoms with Gasteiger partial charge in [-0.25, -0.2) is 4.98 Å². The van der Waals surface area contributed by atoms with Crippen molar-refractivity contribution >= 4 is 5.78 Å². The highest BCUT2D eigenvalue weighted by atomic mass is 16.5. The van der Waals surface area contributed by atoms with Crippen LogP contribution in [0.25, 0.3) is 0 Å². The first kappa shape index (κ1) is 11.0. The summed E-state index contributed by atoms with van der Waals surface area (Å²) in [7, 11) is 0. The molecule has 0 aliphatic carbocycles. The van der Waals surface area contributed by atoms with Gasteiger partial charge in [-0.2, -0.15) is 0 Å². The van der Waals surface area contributed by atoms with Gasteiger partial charge in [-0.15, -0.1) is 0 Å². The Morgan fingerprint density at radius 2 is 2.22 bits per heavy atom. The Morgan fingerprint density at radius 3 is 2.94 bits per heavy atom. The minimum Gasteiger partial charge on any atom is -0.487 e. The van der Waals surface area contributed by atoms with E-state index in [0.717, 1.165) is 5.56 Å². The fourth-order valence-corrected chi connectivity index (χ4v) is 2.39. The van der Waals surface area contributed by atoms with Crippen molar-refractivity contribution in [1.29, 1.82) is 0 Å². The number of hydrogen-bond donors (Lipinski definition) is 0. The van der Waals surface area contributed by atoms with Gasteiger partial charge in [-0.05, 0) is 26.0 Å². The number of aromatic nitrogens is 2. The molecular weight excluding hydrogens is 228 g/mol. The van der Waals surface area contributed by atoms with Crippen molar-refractivity contribution in [3.63, 3.8) is 0 Å². The number of carbonyl (C=O) groups is 1. The molecular formula is C14H14N2O2. The lowest BCUT2D eigenvalue weighted by Crippen LogP contribution is -2.37. The van der Waals surface area contributed by atoms with E-state index in [1.165, 1.54) is 0 Å². The topological polar surface area (TPSA) is 44.1 Å². The lowest BCUT2D eigenvalue weighted by molar-refractivity contribution is 0.0718. The first-order valence-corrected chi connectivity index (χ1v) is 5.96. The van der Waals surface area contributed by atoms with Crippen LogP contribution in [0.2, 0.25) is 0 Å². The zero-order chi connectivity index (χ0) is 12.7. The molecule has 2 heterocycles. The zero-order valence-electron chi connectivity index (χ0n) is 10.3. The summed E-state index contributed by atoms with van der Waals surface area (Å²) in [5, 5.41) is 0. The van der Waals surface area contributed by atoms with E-state index in [4.69, 9.17) is 4.74 Å². The van der Waals surface area contributed by atoms with Gasteiger partial charge in [0.05, 0.1) is 11.9 Å². The molecule has 0 amide bonds. The second-order valence-corrected chi connectivity index (χ2v) is 4.64. The molecule has 92 valence electrons. The van der Waals surface area contributed by atoms with Crippen LogP contribution in [0.3, 0.4) is 0 Å². The molecule has 0 saturated carbocycles. The summed E-state index contributed by atoms with van der Waals surface area (Å²) in [6, 6.07) is 5.37. The quantitative estimate of drug-likeness (QED) is 0.771. The molecule has 0 bridgehead atoms. The summed E-state index contributed by atoms with van der Waals surface area (Å²) in [5.74, 6) is 0.764. The fourth-order valence-electron chi connectivity index (χ4n) is 2.39. The highest BCUT2D eigenvalue weighted by molar-refractivity contribution is 6.02. The summed E-state index contributed by atoms with van der Waals surface area (Å²) in [6.45, 7) is 3.88. The smallest absolute Gasteiger partial charge is 0.193 e. The normalized spacial score (nSPS) is 22.4. The van der Waals surface area contributed by atoms with Crippen molar-refractivity contribution < 1.29 is 9.53 Å². The van der Waals surface area contributed by atoms with Gasteiger partial charge < -0.3 is 9.30 Å². The Hall–Kier alpha value is -2.10. The summed E-state index contributed by atoms with van der Waals surface area (Å²) in [4.78, 5) is 16.5. The fraction of sp³-hybridized carbons (Fsp3) is 0.286. The molecule has 0 N–H and O–H groups in total. The molecule has 0 saturated heterocycles. The second-order valence-electron chi connectivity index (χ2n) is 4.64. The number of fused-ring (bicyclic) bond motifs is 1. The van der Waals surface area contributed by atoms with Gasteiger partial charge in [0.25, 0.3) is 0 Å². The van der Waals surface area contributed by atoms with Gasteiger partial charge in [0.2, 0.25) is 0 Å². The molecule has 1 aromatic carbocycles. The predicted molar refractivity (Wildman–Crippen MR) is 66.9 cm³/mol. The Bertz CT molecular complexity index is 590. The number of hydrogen-bond acceptors (Lipinski definition) is 3. The Morgan fingerprint density at radius 1 is 1.39 bits per heavy atom. The minimum atomic E-state index is -0.332. The molecule has 0 radical (unpaired) electrons. The molecule has 18 heavy (non-hydrogen) atoms. The van der Waals surface area contributed by atoms with Gasteiger partial charge in [0.15, 0.2) is 5.78 Å². The van der Waals surface area contributed by atoms with E-state index in [0.29, 0.717) is 11.3 Å². The lowest BCUT2D eigenvalue weighted by atomic mass is 9.95. The van der Waals surface area contributed by atoms with E-state index >= 15 is 0 Å². The Labute approximate surface area is 105 Å². The summed E-state index contributed by atoms with van der Waals surface area (Å²) >= 11 is 0. The van der Waals surface area contributed by atoms with E-state index in [-0.39, 0.29) is 17.9 Å². The van der Waals surface area contributed by atoms with Crippen LogP contribution in [0, 0.1) is 6.92 Å². The van der Waals surface area contributed by atoms with Crippen LogP contribution in [0.1, 0.15) is 28.9 Å². The molecule has 2 aromatic rings. The maximum absolute atomic E-state index is 12.5. The van der Waals surface area contributed by atoms with E-state index in [1.54, 1.807) is 23.3 Å². The molecule has 2 unspecified atom stereocenters. The van der Waals surface area contributed by atoms with Crippen LogP contribution >= 0.6 is 0 Å². The van der Waals surface area contributed by atoms with Crippen LogP contribution in [0.5, 0.6) is 5.75 Å².